The molecule has 1 atom stereocenters. The normalized spacial score (nSPS) is 11.8. The lowest BCUT2D eigenvalue weighted by Crippen LogP contribution is -2.17. The molecule has 0 N–H and O–H groups in total. The molecule has 0 aliphatic heterocycles. The molecule has 29 heavy (non-hydrogen) atoms. The molecule has 3 aromatic rings. The van der Waals surface area contributed by atoms with Gasteiger partial charge in [-0.1, -0.05) is 17.7 Å². The monoisotopic (exact) mass is 396 g/mol. The van der Waals surface area contributed by atoms with Gasteiger partial charge >= 0.3 is 5.97 Å². The zero-order chi connectivity index (χ0) is 21.0. The number of rotatable bonds is 7. The third kappa shape index (κ3) is 4.93. The van der Waals surface area contributed by atoms with E-state index in [-0.39, 0.29) is 12.5 Å². The number of ether oxygens (including phenoxy) is 3. The Hall–Kier alpha value is -3.35. The molecule has 0 amide bonds. The van der Waals surface area contributed by atoms with Crippen molar-refractivity contribution in [2.75, 3.05) is 13.7 Å². The summed E-state index contributed by atoms with van der Waals surface area (Å²) in [7, 11) is 1.60. The van der Waals surface area contributed by atoms with Crippen LogP contribution in [0.1, 0.15) is 35.6 Å². The van der Waals surface area contributed by atoms with Crippen molar-refractivity contribution >= 4 is 5.97 Å². The summed E-state index contributed by atoms with van der Waals surface area (Å²) in [4.78, 5) is 12.2. The van der Waals surface area contributed by atoms with E-state index in [1.807, 2.05) is 45.0 Å². The van der Waals surface area contributed by atoms with E-state index in [1.54, 1.807) is 26.2 Å². The minimum atomic E-state index is -0.689. The molecule has 0 bridgehead atoms. The van der Waals surface area contributed by atoms with Crippen LogP contribution in [0.3, 0.4) is 0 Å². The van der Waals surface area contributed by atoms with Gasteiger partial charge in [0, 0.05) is 5.56 Å². The highest BCUT2D eigenvalue weighted by Crippen LogP contribution is 2.26. The molecular formula is C22H24N2O5. The number of aryl methyl sites for hydroxylation is 3. The molecule has 7 nitrogen and oxygen atoms in total. The standard InChI is InChI=1S/C22H24N2O5/c1-13-10-14(2)20(15(3)11-13)27-12-19(25)28-16(4)21-23-24-22(29-21)17-6-8-18(26-5)9-7-17/h6-11,16H,12H2,1-5H3/t16-/m1/s1. The van der Waals surface area contributed by atoms with E-state index in [2.05, 4.69) is 10.2 Å². The third-order valence-electron chi connectivity index (χ3n) is 4.37. The van der Waals surface area contributed by atoms with Gasteiger partial charge in [-0.3, -0.25) is 0 Å². The molecule has 0 fully saturated rings. The molecule has 3 rings (SSSR count). The van der Waals surface area contributed by atoms with Crippen molar-refractivity contribution in [2.45, 2.75) is 33.8 Å². The van der Waals surface area contributed by atoms with Gasteiger partial charge in [-0.25, -0.2) is 4.79 Å². The number of carbonyl (C=O) groups excluding carboxylic acids is 1. The SMILES string of the molecule is COc1ccc(-c2nnc([C@@H](C)OC(=O)COc3c(C)cc(C)cc3C)o2)cc1. The van der Waals surface area contributed by atoms with E-state index in [1.165, 1.54) is 0 Å². The van der Waals surface area contributed by atoms with E-state index in [0.717, 1.165) is 28.0 Å². The Morgan fingerprint density at radius 2 is 1.72 bits per heavy atom. The van der Waals surface area contributed by atoms with Crippen molar-refractivity contribution in [3.63, 3.8) is 0 Å². The number of carbonyl (C=O) groups is 1. The Labute approximate surface area is 169 Å². The van der Waals surface area contributed by atoms with Gasteiger partial charge in [0.15, 0.2) is 12.7 Å². The molecule has 2 aromatic carbocycles. The summed E-state index contributed by atoms with van der Waals surface area (Å²) < 4.78 is 21.8. The van der Waals surface area contributed by atoms with Crippen LogP contribution < -0.4 is 9.47 Å². The Balaban J connectivity index is 1.59. The van der Waals surface area contributed by atoms with Gasteiger partial charge < -0.3 is 18.6 Å². The van der Waals surface area contributed by atoms with Gasteiger partial charge in [0.2, 0.25) is 5.89 Å². The van der Waals surface area contributed by atoms with Gasteiger partial charge in [0.25, 0.3) is 5.89 Å². The molecular weight excluding hydrogens is 372 g/mol. The maximum absolute atomic E-state index is 12.2. The summed E-state index contributed by atoms with van der Waals surface area (Å²) in [5, 5.41) is 7.99. The molecule has 1 heterocycles. The summed E-state index contributed by atoms with van der Waals surface area (Å²) in [5.41, 5.74) is 3.85. The number of hydrogen-bond acceptors (Lipinski definition) is 7. The second-order valence-corrected chi connectivity index (χ2v) is 6.82. The predicted molar refractivity (Wildman–Crippen MR) is 107 cm³/mol. The minimum Gasteiger partial charge on any atom is -0.497 e. The summed E-state index contributed by atoms with van der Waals surface area (Å²) in [5.74, 6) is 1.47. The molecule has 7 heteroatoms. The van der Waals surface area contributed by atoms with Crippen molar-refractivity contribution < 1.29 is 23.4 Å². The maximum atomic E-state index is 12.2. The van der Waals surface area contributed by atoms with Crippen LogP contribution >= 0.6 is 0 Å². The Kier molecular flexibility index (Phi) is 6.16. The molecule has 0 saturated carbocycles. The van der Waals surface area contributed by atoms with Crippen LogP contribution in [0.4, 0.5) is 0 Å². The van der Waals surface area contributed by atoms with Crippen molar-refractivity contribution in [3.8, 4) is 23.0 Å². The summed E-state index contributed by atoms with van der Waals surface area (Å²) in [6.45, 7) is 7.38. The van der Waals surface area contributed by atoms with E-state index in [9.17, 15) is 4.79 Å². The van der Waals surface area contributed by atoms with E-state index < -0.39 is 12.1 Å². The lowest BCUT2D eigenvalue weighted by atomic mass is 10.1. The predicted octanol–water partition coefficient (Wildman–Crippen LogP) is 4.35. The first-order valence-electron chi connectivity index (χ1n) is 9.25. The topological polar surface area (TPSA) is 83.7 Å². The summed E-state index contributed by atoms with van der Waals surface area (Å²) in [6.07, 6.45) is -0.689. The highest BCUT2D eigenvalue weighted by atomic mass is 16.6. The van der Waals surface area contributed by atoms with Gasteiger partial charge in [-0.15, -0.1) is 10.2 Å². The highest BCUT2D eigenvalue weighted by Gasteiger charge is 2.20. The first kappa shape index (κ1) is 20.4. The van der Waals surface area contributed by atoms with Crippen molar-refractivity contribution in [1.29, 1.82) is 0 Å². The van der Waals surface area contributed by atoms with Crippen molar-refractivity contribution in [2.24, 2.45) is 0 Å². The van der Waals surface area contributed by atoms with E-state index >= 15 is 0 Å². The molecule has 0 unspecified atom stereocenters. The van der Waals surface area contributed by atoms with E-state index in [0.29, 0.717) is 11.6 Å². The molecule has 0 radical (unpaired) electrons. The second kappa shape index (κ2) is 8.77. The molecule has 0 aliphatic carbocycles. The van der Waals surface area contributed by atoms with Crippen molar-refractivity contribution in [3.05, 3.63) is 59.0 Å². The molecule has 152 valence electrons. The number of benzene rings is 2. The minimum absolute atomic E-state index is 0.200. The number of hydrogen-bond donors (Lipinski definition) is 0. The van der Waals surface area contributed by atoms with Gasteiger partial charge in [0.05, 0.1) is 7.11 Å². The first-order chi connectivity index (χ1) is 13.9. The van der Waals surface area contributed by atoms with Crippen LogP contribution in [0.25, 0.3) is 11.5 Å². The highest BCUT2D eigenvalue weighted by molar-refractivity contribution is 5.71. The smallest absolute Gasteiger partial charge is 0.344 e. The Bertz CT molecular complexity index is 972. The first-order valence-corrected chi connectivity index (χ1v) is 9.25. The number of nitrogens with zero attached hydrogens (tertiary/aromatic N) is 2. The van der Waals surface area contributed by atoms with Gasteiger partial charge in [-0.2, -0.15) is 0 Å². The van der Waals surface area contributed by atoms with E-state index in [4.69, 9.17) is 18.6 Å². The molecule has 0 aliphatic rings. The maximum Gasteiger partial charge on any atom is 0.344 e. The van der Waals surface area contributed by atoms with Crippen LogP contribution in [0.15, 0.2) is 40.8 Å². The molecule has 1 aromatic heterocycles. The quantitative estimate of drug-likeness (QED) is 0.549. The second-order valence-electron chi connectivity index (χ2n) is 6.82. The average molecular weight is 396 g/mol. The van der Waals surface area contributed by atoms with Crippen LogP contribution in [0, 0.1) is 20.8 Å². The zero-order valence-corrected chi connectivity index (χ0v) is 17.2. The molecule has 0 saturated heterocycles. The lowest BCUT2D eigenvalue weighted by molar-refractivity contribution is -0.152. The number of methoxy groups -OCH3 is 1. The van der Waals surface area contributed by atoms with Gasteiger partial charge in [-0.05, 0) is 63.1 Å². The average Bonchev–Trinajstić information content (AvgIpc) is 3.17. The Morgan fingerprint density at radius 1 is 1.07 bits per heavy atom. The summed E-state index contributed by atoms with van der Waals surface area (Å²) in [6, 6.07) is 11.2. The molecule has 0 spiro atoms. The Morgan fingerprint density at radius 3 is 2.34 bits per heavy atom. The van der Waals surface area contributed by atoms with Gasteiger partial charge in [0.1, 0.15) is 11.5 Å². The number of aromatic nitrogens is 2. The van der Waals surface area contributed by atoms with Crippen LogP contribution in [0.2, 0.25) is 0 Å². The lowest BCUT2D eigenvalue weighted by Gasteiger charge is -2.14. The van der Waals surface area contributed by atoms with Crippen LogP contribution in [-0.2, 0) is 9.53 Å². The zero-order valence-electron chi connectivity index (χ0n) is 17.2. The van der Waals surface area contributed by atoms with Crippen molar-refractivity contribution in [1.82, 2.24) is 10.2 Å². The largest absolute Gasteiger partial charge is 0.497 e. The summed E-state index contributed by atoms with van der Waals surface area (Å²) >= 11 is 0. The number of esters is 1. The third-order valence-corrected chi connectivity index (χ3v) is 4.37. The van der Waals surface area contributed by atoms with Crippen LogP contribution in [0.5, 0.6) is 11.5 Å². The van der Waals surface area contributed by atoms with Crippen LogP contribution in [-0.4, -0.2) is 29.9 Å². The fourth-order valence-corrected chi connectivity index (χ4v) is 3.06. The fourth-order valence-electron chi connectivity index (χ4n) is 3.06. The fraction of sp³-hybridized carbons (Fsp3) is 0.318.